The quantitative estimate of drug-likeness (QED) is 0.486. The van der Waals surface area contributed by atoms with E-state index in [2.05, 4.69) is 10.3 Å². The molecule has 184 valence electrons. The third kappa shape index (κ3) is 5.81. The number of nitrogens with zero attached hydrogens (tertiary/aromatic N) is 3. The summed E-state index contributed by atoms with van der Waals surface area (Å²) in [5, 5.41) is 12.5. The van der Waals surface area contributed by atoms with E-state index in [-0.39, 0.29) is 30.9 Å². The number of hydrogen-bond donors (Lipinski definition) is 2. The first kappa shape index (κ1) is 24.3. The Morgan fingerprint density at radius 2 is 1.97 bits per heavy atom. The Morgan fingerprint density at radius 3 is 2.74 bits per heavy atom. The van der Waals surface area contributed by atoms with Crippen molar-refractivity contribution >= 4 is 41.0 Å². The first-order chi connectivity index (χ1) is 16.4. The van der Waals surface area contributed by atoms with Gasteiger partial charge in [0, 0.05) is 18.0 Å². The van der Waals surface area contributed by atoms with E-state index in [1.165, 1.54) is 0 Å². The Bertz CT molecular complexity index is 976. The number of amides is 2. The second-order valence-corrected chi connectivity index (χ2v) is 9.46. The highest BCUT2D eigenvalue weighted by atomic mass is 35.5. The van der Waals surface area contributed by atoms with Gasteiger partial charge in [-0.2, -0.15) is 0 Å². The molecule has 1 aromatic carbocycles. The minimum Gasteiger partial charge on any atom is -0.492 e. The van der Waals surface area contributed by atoms with Crippen LogP contribution in [0.1, 0.15) is 63.4 Å². The van der Waals surface area contributed by atoms with Crippen LogP contribution in [0.15, 0.2) is 17.1 Å². The number of aliphatic imine (C=N–C) groups is 1. The molecule has 0 bridgehead atoms. The van der Waals surface area contributed by atoms with Crippen LogP contribution in [0.2, 0.25) is 5.02 Å². The van der Waals surface area contributed by atoms with Gasteiger partial charge in [0.1, 0.15) is 18.8 Å². The number of guanidine groups is 1. The Morgan fingerprint density at radius 1 is 1.18 bits per heavy atom. The molecule has 3 aliphatic rings. The van der Waals surface area contributed by atoms with Gasteiger partial charge < -0.3 is 19.6 Å². The summed E-state index contributed by atoms with van der Waals surface area (Å²) in [6.07, 6.45) is 7.66. The number of aliphatic carboxylic acids is 1. The predicted octanol–water partition coefficient (Wildman–Crippen LogP) is 3.46. The molecular weight excluding hydrogens is 460 g/mol. The highest BCUT2D eigenvalue weighted by Gasteiger charge is 2.31. The van der Waals surface area contributed by atoms with Gasteiger partial charge in [-0.15, -0.1) is 0 Å². The second-order valence-electron chi connectivity index (χ2n) is 9.08. The van der Waals surface area contributed by atoms with Gasteiger partial charge in [0.2, 0.25) is 17.8 Å². The molecule has 2 heterocycles. The highest BCUT2D eigenvalue weighted by Crippen LogP contribution is 2.38. The van der Waals surface area contributed by atoms with Crippen LogP contribution in [0.5, 0.6) is 5.75 Å². The number of carbonyl (C=O) groups excluding carboxylic acids is 2. The average molecular weight is 491 g/mol. The molecule has 2 fully saturated rings. The summed E-state index contributed by atoms with van der Waals surface area (Å²) in [6, 6.07) is 3.68. The molecule has 0 radical (unpaired) electrons. The topological polar surface area (TPSA) is 112 Å². The van der Waals surface area contributed by atoms with E-state index < -0.39 is 5.97 Å². The van der Waals surface area contributed by atoms with Gasteiger partial charge in [0.15, 0.2) is 0 Å². The van der Waals surface area contributed by atoms with Crippen molar-refractivity contribution in [3.05, 3.63) is 22.7 Å². The lowest BCUT2D eigenvalue weighted by Crippen LogP contribution is -2.44. The van der Waals surface area contributed by atoms with E-state index in [1.807, 2.05) is 11.0 Å². The Balaban J connectivity index is 1.21. The molecule has 1 aromatic rings. The predicted molar refractivity (Wildman–Crippen MR) is 127 cm³/mol. The summed E-state index contributed by atoms with van der Waals surface area (Å²) in [4.78, 5) is 43.4. The number of halogens is 1. The highest BCUT2D eigenvalue weighted by molar-refractivity contribution is 6.33. The molecule has 1 saturated carbocycles. The zero-order valence-corrected chi connectivity index (χ0v) is 20.0. The third-order valence-electron chi connectivity index (χ3n) is 6.58. The maximum atomic E-state index is 12.7. The largest absolute Gasteiger partial charge is 0.492 e. The number of nitrogens with one attached hydrogen (secondary N) is 1. The molecule has 0 atom stereocenters. The second kappa shape index (κ2) is 11.1. The van der Waals surface area contributed by atoms with Gasteiger partial charge in [0.05, 0.1) is 23.9 Å². The standard InChI is InChI=1S/C24H31ClN4O5/c25-23-17-13-28-14-20(30)27-24(28)26-18(17)10-11-19(23)34-12-6-2-5-9-21(31)29(15-22(32)33)16-7-3-1-4-8-16/h10-11,16H,1-9,12-15H2,(H,32,33)(H,26,27,30). The van der Waals surface area contributed by atoms with Crippen LogP contribution in [0.3, 0.4) is 0 Å². The molecule has 4 rings (SSSR count). The monoisotopic (exact) mass is 490 g/mol. The van der Waals surface area contributed by atoms with Crippen LogP contribution < -0.4 is 10.1 Å². The lowest BCUT2D eigenvalue weighted by Gasteiger charge is -2.33. The van der Waals surface area contributed by atoms with E-state index >= 15 is 0 Å². The van der Waals surface area contributed by atoms with E-state index in [0.29, 0.717) is 42.7 Å². The number of hydrogen-bond acceptors (Lipinski definition) is 6. The lowest BCUT2D eigenvalue weighted by atomic mass is 9.94. The first-order valence-electron chi connectivity index (χ1n) is 12.0. The summed E-state index contributed by atoms with van der Waals surface area (Å²) in [5.41, 5.74) is 1.57. The first-order valence-corrected chi connectivity index (χ1v) is 12.4. The Kier molecular flexibility index (Phi) is 7.92. The van der Waals surface area contributed by atoms with Crippen molar-refractivity contribution in [2.24, 2.45) is 4.99 Å². The molecule has 0 spiro atoms. The van der Waals surface area contributed by atoms with E-state index in [9.17, 15) is 19.5 Å². The van der Waals surface area contributed by atoms with E-state index in [1.54, 1.807) is 11.0 Å². The summed E-state index contributed by atoms with van der Waals surface area (Å²) in [5.74, 6) is 0.0368. The van der Waals surface area contributed by atoms with Crippen molar-refractivity contribution in [2.75, 3.05) is 19.7 Å². The maximum Gasteiger partial charge on any atom is 0.323 e. The van der Waals surface area contributed by atoms with Crippen molar-refractivity contribution in [3.8, 4) is 5.75 Å². The fourth-order valence-electron chi connectivity index (χ4n) is 4.82. The SMILES string of the molecule is O=C(O)CN(C(=O)CCCCCOc1ccc2c(c1Cl)CN1CC(=O)NC1=N2)C1CCCCC1. The van der Waals surface area contributed by atoms with Crippen molar-refractivity contribution in [2.45, 2.75) is 70.4 Å². The summed E-state index contributed by atoms with van der Waals surface area (Å²) in [7, 11) is 0. The number of ether oxygens (including phenoxy) is 1. The number of benzene rings is 1. The Labute approximate surface area is 204 Å². The van der Waals surface area contributed by atoms with Crippen LogP contribution in [-0.2, 0) is 20.9 Å². The number of carboxylic acid groups (broad SMARTS) is 1. The fourth-order valence-corrected chi connectivity index (χ4v) is 5.10. The average Bonchev–Trinajstić information content (AvgIpc) is 3.19. The van der Waals surface area contributed by atoms with Crippen LogP contribution in [0.25, 0.3) is 0 Å². The van der Waals surface area contributed by atoms with Gasteiger partial charge >= 0.3 is 5.97 Å². The normalized spacial score (nSPS) is 17.5. The zero-order valence-electron chi connectivity index (χ0n) is 19.2. The van der Waals surface area contributed by atoms with Crippen LogP contribution in [0.4, 0.5) is 5.69 Å². The van der Waals surface area contributed by atoms with Gasteiger partial charge in [0.25, 0.3) is 0 Å². The maximum absolute atomic E-state index is 12.7. The number of unbranched alkanes of at least 4 members (excludes halogenated alkanes) is 2. The molecule has 1 aliphatic carbocycles. The van der Waals surface area contributed by atoms with Crippen molar-refractivity contribution in [1.82, 2.24) is 15.1 Å². The summed E-state index contributed by atoms with van der Waals surface area (Å²) >= 11 is 6.56. The molecule has 2 aliphatic heterocycles. The van der Waals surface area contributed by atoms with Crippen LogP contribution >= 0.6 is 11.6 Å². The van der Waals surface area contributed by atoms with E-state index in [4.69, 9.17) is 16.3 Å². The minimum atomic E-state index is -0.955. The molecule has 1 saturated heterocycles. The van der Waals surface area contributed by atoms with Gasteiger partial charge in [-0.3, -0.25) is 19.7 Å². The molecule has 2 N–H and O–H groups in total. The number of carboxylic acids is 1. The number of carbonyl (C=O) groups is 3. The lowest BCUT2D eigenvalue weighted by molar-refractivity contribution is -0.146. The molecule has 0 unspecified atom stereocenters. The van der Waals surface area contributed by atoms with Crippen molar-refractivity contribution in [3.63, 3.8) is 0 Å². The molecule has 2 amide bonds. The molecule has 9 nitrogen and oxygen atoms in total. The van der Waals surface area contributed by atoms with Gasteiger partial charge in [-0.25, -0.2) is 4.99 Å². The molecule has 10 heteroatoms. The number of fused-ring (bicyclic) bond motifs is 2. The molecule has 0 aromatic heterocycles. The summed E-state index contributed by atoms with van der Waals surface area (Å²) in [6.45, 7) is 1.02. The third-order valence-corrected chi connectivity index (χ3v) is 6.99. The Hall–Kier alpha value is -2.81. The number of rotatable bonds is 10. The molecule has 34 heavy (non-hydrogen) atoms. The fraction of sp³-hybridized carbons (Fsp3) is 0.583. The van der Waals surface area contributed by atoms with Crippen LogP contribution in [-0.4, -0.2) is 64.4 Å². The smallest absolute Gasteiger partial charge is 0.323 e. The minimum absolute atomic E-state index is 0.0571. The van der Waals surface area contributed by atoms with Gasteiger partial charge in [-0.1, -0.05) is 30.9 Å². The zero-order chi connectivity index (χ0) is 24.1. The summed E-state index contributed by atoms with van der Waals surface area (Å²) < 4.78 is 5.88. The van der Waals surface area contributed by atoms with Crippen molar-refractivity contribution in [1.29, 1.82) is 0 Å². The van der Waals surface area contributed by atoms with E-state index in [0.717, 1.165) is 56.2 Å². The molecular formula is C24H31ClN4O5. The van der Waals surface area contributed by atoms with Crippen molar-refractivity contribution < 1.29 is 24.2 Å². The van der Waals surface area contributed by atoms with Crippen LogP contribution in [0, 0.1) is 0 Å². The van der Waals surface area contributed by atoms with Gasteiger partial charge in [-0.05, 0) is 44.2 Å².